The Hall–Kier alpha value is -1.30. The minimum absolute atomic E-state index is 0.154. The van der Waals surface area contributed by atoms with E-state index in [-0.39, 0.29) is 11.3 Å². The third-order valence-corrected chi connectivity index (χ3v) is 12.0. The first-order valence-corrected chi connectivity index (χ1v) is 24.8. The van der Waals surface area contributed by atoms with Crippen molar-refractivity contribution < 1.29 is 23.7 Å². The fourth-order valence-corrected chi connectivity index (χ4v) is 7.34. The van der Waals surface area contributed by atoms with Crippen molar-refractivity contribution in [3.05, 3.63) is 40.5 Å². The van der Waals surface area contributed by atoms with Crippen LogP contribution in [0, 0.1) is 5.41 Å². The highest BCUT2D eigenvalue weighted by molar-refractivity contribution is 6.76. The van der Waals surface area contributed by atoms with E-state index in [4.69, 9.17) is 18.9 Å². The molecule has 0 saturated carbocycles. The minimum atomic E-state index is -1.11. The molecule has 0 bridgehead atoms. The summed E-state index contributed by atoms with van der Waals surface area (Å²) in [6.07, 6.45) is 3.20. The van der Waals surface area contributed by atoms with E-state index in [9.17, 15) is 4.79 Å². The van der Waals surface area contributed by atoms with Gasteiger partial charge in [0.1, 0.15) is 13.6 Å². The zero-order valence-corrected chi connectivity index (χ0v) is 33.1. The van der Waals surface area contributed by atoms with Crippen LogP contribution >= 0.6 is 0 Å². The Morgan fingerprint density at radius 1 is 0.733 bits per heavy atom. The number of nitrogens with zero attached hydrogens (tertiary/aromatic N) is 1. The molecule has 0 fully saturated rings. The van der Waals surface area contributed by atoms with Crippen molar-refractivity contribution in [2.75, 3.05) is 51.5 Å². The SMILES string of the molecule is CC(C)c1cccc(C(C)C)c1N1CC(C)(C)C(CCCOCOCC[Si](C)(C)C)=C(CCCOCOCC[Si](C)(C)C)C1=O. The number of carbonyl (C=O) groups is 1. The number of hydrogen-bond donors (Lipinski definition) is 0. The third-order valence-electron chi connectivity index (χ3n) is 8.61. The predicted octanol–water partition coefficient (Wildman–Crippen LogP) is 9.82. The van der Waals surface area contributed by atoms with Gasteiger partial charge in [0.2, 0.25) is 0 Å². The van der Waals surface area contributed by atoms with Gasteiger partial charge in [-0.3, -0.25) is 4.79 Å². The maximum atomic E-state index is 14.5. The van der Waals surface area contributed by atoms with Gasteiger partial charge in [0.05, 0.1) is 5.69 Å². The smallest absolute Gasteiger partial charge is 0.254 e. The van der Waals surface area contributed by atoms with Crippen LogP contribution in [0.2, 0.25) is 51.4 Å². The number of hydrogen-bond acceptors (Lipinski definition) is 5. The van der Waals surface area contributed by atoms with E-state index in [0.29, 0.717) is 51.6 Å². The van der Waals surface area contributed by atoms with Crippen LogP contribution < -0.4 is 4.90 Å². The fourth-order valence-electron chi connectivity index (χ4n) is 5.83. The Balaban J connectivity index is 2.20. The van der Waals surface area contributed by atoms with Gasteiger partial charge < -0.3 is 23.8 Å². The van der Waals surface area contributed by atoms with Crippen LogP contribution in [0.3, 0.4) is 0 Å². The molecule has 45 heavy (non-hydrogen) atoms. The Labute approximate surface area is 278 Å². The second-order valence-corrected chi connectivity index (χ2v) is 27.8. The number of benzene rings is 1. The first-order valence-electron chi connectivity index (χ1n) is 17.4. The third kappa shape index (κ3) is 13.8. The zero-order valence-electron chi connectivity index (χ0n) is 31.1. The molecule has 0 saturated heterocycles. The highest BCUT2D eigenvalue weighted by Gasteiger charge is 2.40. The highest BCUT2D eigenvalue weighted by atomic mass is 28.3. The summed E-state index contributed by atoms with van der Waals surface area (Å²) in [5.41, 5.74) is 5.67. The summed E-state index contributed by atoms with van der Waals surface area (Å²) in [4.78, 5) is 16.6. The molecule has 2 rings (SSSR count). The number of para-hydroxylation sites is 1. The van der Waals surface area contributed by atoms with E-state index in [1.54, 1.807) is 0 Å². The van der Waals surface area contributed by atoms with Crippen molar-refractivity contribution in [3.8, 4) is 0 Å². The number of rotatable bonds is 21. The molecule has 1 aromatic rings. The van der Waals surface area contributed by atoms with E-state index in [1.165, 1.54) is 16.7 Å². The van der Waals surface area contributed by atoms with Gasteiger partial charge in [-0.05, 0) is 60.7 Å². The summed E-state index contributed by atoms with van der Waals surface area (Å²) in [7, 11) is -2.22. The molecule has 0 radical (unpaired) electrons. The fraction of sp³-hybridized carbons (Fsp3) is 0.757. The molecule has 1 aromatic carbocycles. The van der Waals surface area contributed by atoms with Gasteiger partial charge in [-0.15, -0.1) is 0 Å². The van der Waals surface area contributed by atoms with Crippen molar-refractivity contribution in [2.24, 2.45) is 5.41 Å². The average Bonchev–Trinajstić information content (AvgIpc) is 2.92. The lowest BCUT2D eigenvalue weighted by Gasteiger charge is -2.43. The van der Waals surface area contributed by atoms with Gasteiger partial charge in [0, 0.05) is 60.1 Å². The molecule has 8 heteroatoms. The number of carbonyl (C=O) groups excluding carboxylic acids is 1. The maximum absolute atomic E-state index is 14.5. The molecule has 0 N–H and O–H groups in total. The standard InChI is InChI=1S/C37H67NO5Si2/c1-29(2)31-16-13-17-32(30(3)4)35(31)38-26-37(5,6)34(19-15-21-41-28-43-23-25-45(10,11)12)33(36(38)39)18-14-20-40-27-42-22-24-44(7,8)9/h13,16-17,29-30H,14-15,18-28H2,1-12H3. The van der Waals surface area contributed by atoms with Crippen LogP contribution in [-0.4, -0.2) is 68.6 Å². The molecule has 1 aliphatic rings. The van der Waals surface area contributed by atoms with E-state index in [1.807, 2.05) is 0 Å². The molecule has 258 valence electrons. The van der Waals surface area contributed by atoms with Crippen molar-refractivity contribution in [1.29, 1.82) is 0 Å². The molecule has 1 amide bonds. The van der Waals surface area contributed by atoms with E-state index < -0.39 is 16.1 Å². The number of amides is 1. The Kier molecular flexibility index (Phi) is 16.2. The molecule has 0 aromatic heterocycles. The summed E-state index contributed by atoms with van der Waals surface area (Å²) < 4.78 is 23.2. The predicted molar refractivity (Wildman–Crippen MR) is 196 cm³/mol. The monoisotopic (exact) mass is 661 g/mol. The number of ether oxygens (including phenoxy) is 4. The van der Waals surface area contributed by atoms with Crippen molar-refractivity contribution in [1.82, 2.24) is 0 Å². The summed E-state index contributed by atoms with van der Waals surface area (Å²) in [5.74, 6) is 0.798. The largest absolute Gasteiger partial charge is 0.356 e. The summed E-state index contributed by atoms with van der Waals surface area (Å²) in [6, 6.07) is 8.82. The van der Waals surface area contributed by atoms with Crippen LogP contribution in [-0.2, 0) is 23.7 Å². The molecular weight excluding hydrogens is 595 g/mol. The molecule has 0 atom stereocenters. The van der Waals surface area contributed by atoms with Crippen LogP contribution in [0.25, 0.3) is 0 Å². The van der Waals surface area contributed by atoms with Gasteiger partial charge >= 0.3 is 0 Å². The van der Waals surface area contributed by atoms with Crippen molar-refractivity contribution in [3.63, 3.8) is 0 Å². The highest BCUT2D eigenvalue weighted by Crippen LogP contribution is 2.44. The lowest BCUT2D eigenvalue weighted by atomic mass is 9.74. The Morgan fingerprint density at radius 3 is 1.62 bits per heavy atom. The Morgan fingerprint density at radius 2 is 1.18 bits per heavy atom. The molecular formula is C37H67NO5Si2. The second-order valence-electron chi connectivity index (χ2n) is 16.5. The van der Waals surface area contributed by atoms with Gasteiger partial charge in [-0.1, -0.05) is 105 Å². The first kappa shape index (κ1) is 39.9. The molecule has 1 heterocycles. The van der Waals surface area contributed by atoms with Gasteiger partial charge in [-0.2, -0.15) is 0 Å². The van der Waals surface area contributed by atoms with Crippen LogP contribution in [0.1, 0.15) is 90.2 Å². The lowest BCUT2D eigenvalue weighted by Crippen LogP contribution is -2.47. The van der Waals surface area contributed by atoms with Crippen LogP contribution in [0.5, 0.6) is 0 Å². The quantitative estimate of drug-likeness (QED) is 0.0746. The van der Waals surface area contributed by atoms with E-state index in [2.05, 4.69) is 104 Å². The van der Waals surface area contributed by atoms with Gasteiger partial charge in [-0.25, -0.2) is 0 Å². The average molecular weight is 662 g/mol. The van der Waals surface area contributed by atoms with Crippen molar-refractivity contribution in [2.45, 2.75) is 130 Å². The van der Waals surface area contributed by atoms with Gasteiger partial charge in [0.15, 0.2) is 0 Å². The summed E-state index contributed by atoms with van der Waals surface area (Å²) >= 11 is 0. The van der Waals surface area contributed by atoms with Crippen LogP contribution in [0.15, 0.2) is 29.3 Å². The molecule has 6 nitrogen and oxygen atoms in total. The zero-order chi connectivity index (χ0) is 33.8. The van der Waals surface area contributed by atoms with Crippen molar-refractivity contribution >= 4 is 27.7 Å². The maximum Gasteiger partial charge on any atom is 0.254 e. The minimum Gasteiger partial charge on any atom is -0.356 e. The topological polar surface area (TPSA) is 57.2 Å². The number of anilines is 1. The molecule has 0 unspecified atom stereocenters. The normalized spacial score (nSPS) is 16.0. The molecule has 0 aliphatic carbocycles. The second kappa shape index (κ2) is 18.3. The lowest BCUT2D eigenvalue weighted by molar-refractivity contribution is -0.116. The summed E-state index contributed by atoms with van der Waals surface area (Å²) in [6.45, 7) is 31.7. The van der Waals surface area contributed by atoms with Crippen LogP contribution in [0.4, 0.5) is 5.69 Å². The Bertz CT molecular complexity index is 1060. The summed E-state index contributed by atoms with van der Waals surface area (Å²) in [5, 5.41) is 0. The van der Waals surface area contributed by atoms with E-state index >= 15 is 0 Å². The van der Waals surface area contributed by atoms with E-state index in [0.717, 1.165) is 55.8 Å². The molecule has 1 aliphatic heterocycles. The van der Waals surface area contributed by atoms with Gasteiger partial charge in [0.25, 0.3) is 5.91 Å². The molecule has 0 spiro atoms. The first-order chi connectivity index (χ1) is 20.9.